The van der Waals surface area contributed by atoms with E-state index in [4.69, 9.17) is 4.74 Å². The highest BCUT2D eigenvalue weighted by molar-refractivity contribution is 7.03. The van der Waals surface area contributed by atoms with Gasteiger partial charge in [0, 0.05) is 37.2 Å². The van der Waals surface area contributed by atoms with Gasteiger partial charge < -0.3 is 14.5 Å². The van der Waals surface area contributed by atoms with Gasteiger partial charge in [0.05, 0.1) is 18.4 Å². The largest absolute Gasteiger partial charge is 0.497 e. The number of piperazine rings is 1. The second-order valence-electron chi connectivity index (χ2n) is 5.29. The monoisotopic (exact) mass is 317 g/mol. The van der Waals surface area contributed by atoms with E-state index in [-0.39, 0.29) is 5.91 Å². The molecule has 1 saturated heterocycles. The van der Waals surface area contributed by atoms with Gasteiger partial charge in [-0.2, -0.15) is 4.37 Å². The molecule has 0 radical (unpaired) electrons. The van der Waals surface area contributed by atoms with Gasteiger partial charge in [-0.1, -0.05) is 0 Å². The van der Waals surface area contributed by atoms with Crippen LogP contribution in [0.4, 0.5) is 5.69 Å². The summed E-state index contributed by atoms with van der Waals surface area (Å²) in [5.74, 6) is 0.957. The van der Waals surface area contributed by atoms with Crippen molar-refractivity contribution >= 4 is 23.1 Å². The van der Waals surface area contributed by atoms with Crippen LogP contribution < -0.4 is 9.64 Å². The fourth-order valence-electron chi connectivity index (χ4n) is 2.63. The molecule has 1 aliphatic heterocycles. The standard InChI is InChI=1S/C16H19N3O2S/c1-12-15(11-22-17-12)16(20)19-9-7-18(8-10-19)13-3-5-14(21-2)6-4-13/h3-6,11H,7-10H2,1-2H3. The summed E-state index contributed by atoms with van der Waals surface area (Å²) >= 11 is 1.34. The van der Waals surface area contributed by atoms with Gasteiger partial charge in [0.25, 0.3) is 5.91 Å². The van der Waals surface area contributed by atoms with Crippen LogP contribution in [-0.4, -0.2) is 48.5 Å². The van der Waals surface area contributed by atoms with Crippen LogP contribution in [0.15, 0.2) is 29.6 Å². The molecule has 2 heterocycles. The minimum absolute atomic E-state index is 0.0978. The van der Waals surface area contributed by atoms with Crippen LogP contribution in [0.3, 0.4) is 0 Å². The fraction of sp³-hybridized carbons (Fsp3) is 0.375. The average molecular weight is 317 g/mol. The lowest BCUT2D eigenvalue weighted by Gasteiger charge is -2.36. The van der Waals surface area contributed by atoms with Crippen molar-refractivity contribution in [2.24, 2.45) is 0 Å². The van der Waals surface area contributed by atoms with Crippen LogP contribution in [0.25, 0.3) is 0 Å². The SMILES string of the molecule is COc1ccc(N2CCN(C(=O)c3csnc3C)CC2)cc1. The van der Waals surface area contributed by atoms with Gasteiger partial charge in [0.2, 0.25) is 0 Å². The molecule has 1 fully saturated rings. The van der Waals surface area contributed by atoms with Gasteiger partial charge in [-0.05, 0) is 42.7 Å². The predicted octanol–water partition coefficient (Wildman–Crippen LogP) is 2.42. The van der Waals surface area contributed by atoms with Crippen molar-refractivity contribution in [1.82, 2.24) is 9.27 Å². The Balaban J connectivity index is 1.62. The second kappa shape index (κ2) is 6.36. The van der Waals surface area contributed by atoms with E-state index in [1.54, 1.807) is 7.11 Å². The molecule has 22 heavy (non-hydrogen) atoms. The Bertz CT molecular complexity index is 646. The number of anilines is 1. The fourth-order valence-corrected chi connectivity index (χ4v) is 3.31. The summed E-state index contributed by atoms with van der Waals surface area (Å²) in [4.78, 5) is 16.7. The van der Waals surface area contributed by atoms with Crippen LogP contribution in [0, 0.1) is 6.92 Å². The molecule has 1 aliphatic rings. The number of carbonyl (C=O) groups is 1. The summed E-state index contributed by atoms with van der Waals surface area (Å²) in [5, 5.41) is 1.84. The normalized spacial score (nSPS) is 15.0. The number of aryl methyl sites for hydroxylation is 1. The zero-order valence-corrected chi connectivity index (χ0v) is 13.6. The van der Waals surface area contributed by atoms with Gasteiger partial charge >= 0.3 is 0 Å². The molecule has 0 bridgehead atoms. The number of hydrogen-bond donors (Lipinski definition) is 0. The molecule has 0 unspecified atom stereocenters. The Morgan fingerprint density at radius 1 is 1.18 bits per heavy atom. The summed E-state index contributed by atoms with van der Waals surface area (Å²) in [6, 6.07) is 8.05. The molecule has 0 saturated carbocycles. The molecule has 0 aliphatic carbocycles. The molecule has 0 N–H and O–H groups in total. The average Bonchev–Trinajstić information content (AvgIpc) is 3.00. The van der Waals surface area contributed by atoms with E-state index >= 15 is 0 Å². The molecular weight excluding hydrogens is 298 g/mol. The van der Waals surface area contributed by atoms with Crippen molar-refractivity contribution in [2.45, 2.75) is 6.92 Å². The minimum atomic E-state index is 0.0978. The summed E-state index contributed by atoms with van der Waals surface area (Å²) in [6.45, 7) is 5.04. The van der Waals surface area contributed by atoms with Crippen molar-refractivity contribution in [1.29, 1.82) is 0 Å². The van der Waals surface area contributed by atoms with Crippen molar-refractivity contribution in [3.05, 3.63) is 40.9 Å². The highest BCUT2D eigenvalue weighted by atomic mass is 32.1. The Morgan fingerprint density at radius 3 is 2.41 bits per heavy atom. The lowest BCUT2D eigenvalue weighted by atomic mass is 10.2. The van der Waals surface area contributed by atoms with E-state index < -0.39 is 0 Å². The van der Waals surface area contributed by atoms with Crippen LogP contribution in [0.1, 0.15) is 16.1 Å². The van der Waals surface area contributed by atoms with E-state index in [2.05, 4.69) is 21.4 Å². The maximum absolute atomic E-state index is 12.5. The van der Waals surface area contributed by atoms with Crippen molar-refractivity contribution < 1.29 is 9.53 Å². The highest BCUT2D eigenvalue weighted by Crippen LogP contribution is 2.21. The first-order valence-electron chi connectivity index (χ1n) is 7.28. The number of benzene rings is 1. The van der Waals surface area contributed by atoms with Crippen LogP contribution in [-0.2, 0) is 0 Å². The van der Waals surface area contributed by atoms with Crippen LogP contribution >= 0.6 is 11.5 Å². The second-order valence-corrected chi connectivity index (χ2v) is 5.92. The first-order valence-corrected chi connectivity index (χ1v) is 8.12. The van der Waals surface area contributed by atoms with Crippen molar-refractivity contribution in [3.8, 4) is 5.75 Å². The number of hydrogen-bond acceptors (Lipinski definition) is 5. The Hall–Kier alpha value is -2.08. The van der Waals surface area contributed by atoms with E-state index in [1.807, 2.05) is 29.3 Å². The Kier molecular flexibility index (Phi) is 4.29. The lowest BCUT2D eigenvalue weighted by Crippen LogP contribution is -2.48. The van der Waals surface area contributed by atoms with Gasteiger partial charge in [-0.25, -0.2) is 0 Å². The quantitative estimate of drug-likeness (QED) is 0.872. The predicted molar refractivity (Wildman–Crippen MR) is 88.0 cm³/mol. The zero-order valence-electron chi connectivity index (χ0n) is 12.8. The molecule has 1 aromatic heterocycles. The number of aromatic nitrogens is 1. The lowest BCUT2D eigenvalue weighted by molar-refractivity contribution is 0.0746. The number of carbonyl (C=O) groups excluding carboxylic acids is 1. The third-order valence-electron chi connectivity index (χ3n) is 3.98. The first kappa shape index (κ1) is 14.8. The van der Waals surface area contributed by atoms with Gasteiger partial charge in [-0.3, -0.25) is 4.79 Å². The Labute approximate surface area is 134 Å². The van der Waals surface area contributed by atoms with Gasteiger partial charge in [-0.15, -0.1) is 0 Å². The minimum Gasteiger partial charge on any atom is -0.497 e. The molecule has 6 heteroatoms. The van der Waals surface area contributed by atoms with Gasteiger partial charge in [0.1, 0.15) is 5.75 Å². The smallest absolute Gasteiger partial charge is 0.256 e. The highest BCUT2D eigenvalue weighted by Gasteiger charge is 2.24. The summed E-state index contributed by atoms with van der Waals surface area (Å²) in [6.07, 6.45) is 0. The van der Waals surface area contributed by atoms with Gasteiger partial charge in [0.15, 0.2) is 0 Å². The topological polar surface area (TPSA) is 45.7 Å². The van der Waals surface area contributed by atoms with Crippen molar-refractivity contribution in [3.63, 3.8) is 0 Å². The molecule has 0 spiro atoms. The maximum Gasteiger partial charge on any atom is 0.256 e. The summed E-state index contributed by atoms with van der Waals surface area (Å²) < 4.78 is 9.36. The van der Waals surface area contributed by atoms with Crippen LogP contribution in [0.2, 0.25) is 0 Å². The van der Waals surface area contributed by atoms with Crippen LogP contribution in [0.5, 0.6) is 5.75 Å². The zero-order chi connectivity index (χ0) is 15.5. The van der Waals surface area contributed by atoms with E-state index in [9.17, 15) is 4.79 Å². The number of methoxy groups -OCH3 is 1. The van der Waals surface area contributed by atoms with Crippen molar-refractivity contribution in [2.75, 3.05) is 38.2 Å². The third-order valence-corrected chi connectivity index (χ3v) is 4.71. The maximum atomic E-state index is 12.5. The number of amides is 1. The third kappa shape index (κ3) is 2.92. The number of rotatable bonds is 3. The number of nitrogens with zero attached hydrogens (tertiary/aromatic N) is 3. The molecule has 1 amide bonds. The molecular formula is C16H19N3O2S. The first-order chi connectivity index (χ1) is 10.7. The molecule has 0 atom stereocenters. The molecule has 2 aromatic rings. The van der Waals surface area contributed by atoms with E-state index in [0.29, 0.717) is 0 Å². The molecule has 1 aromatic carbocycles. The van der Waals surface area contributed by atoms with E-state index in [1.165, 1.54) is 17.2 Å². The summed E-state index contributed by atoms with van der Waals surface area (Å²) in [7, 11) is 1.67. The molecule has 5 nitrogen and oxygen atoms in total. The summed E-state index contributed by atoms with van der Waals surface area (Å²) in [5.41, 5.74) is 2.73. The Morgan fingerprint density at radius 2 is 1.86 bits per heavy atom. The van der Waals surface area contributed by atoms with E-state index in [0.717, 1.165) is 43.2 Å². The number of ether oxygens (including phenoxy) is 1. The molecule has 3 rings (SSSR count). The molecule has 116 valence electrons.